The fourth-order valence-corrected chi connectivity index (χ4v) is 2.75. The van der Waals surface area contributed by atoms with Crippen LogP contribution in [0.2, 0.25) is 0 Å². The molecule has 1 aliphatic heterocycles. The van der Waals surface area contributed by atoms with Crippen molar-refractivity contribution in [3.05, 3.63) is 0 Å². The first-order valence-corrected chi connectivity index (χ1v) is 5.95. The zero-order valence-corrected chi connectivity index (χ0v) is 9.79. The van der Waals surface area contributed by atoms with Gasteiger partial charge in [-0.3, -0.25) is 14.4 Å². The molecule has 19 heavy (non-hydrogen) atoms. The van der Waals surface area contributed by atoms with E-state index < -0.39 is 53.0 Å². The Bertz CT molecular complexity index is 377. The first-order valence-electron chi connectivity index (χ1n) is 4.79. The molecular formula is C9H6F6O3S. The van der Waals surface area contributed by atoms with E-state index in [9.17, 15) is 40.7 Å². The predicted molar refractivity (Wildman–Crippen MR) is 51.4 cm³/mol. The maximum Gasteiger partial charge on any atom is 0.450 e. The summed E-state index contributed by atoms with van der Waals surface area (Å²) in [5, 5.41) is 0. The van der Waals surface area contributed by atoms with Crippen LogP contribution in [0.4, 0.5) is 26.3 Å². The zero-order chi connectivity index (χ0) is 15.0. The van der Waals surface area contributed by atoms with Gasteiger partial charge in [0.05, 0.1) is 11.8 Å². The fourth-order valence-electron chi connectivity index (χ4n) is 1.52. The van der Waals surface area contributed by atoms with Crippen molar-refractivity contribution in [3.63, 3.8) is 0 Å². The highest BCUT2D eigenvalue weighted by Gasteiger charge is 2.54. The maximum atomic E-state index is 12.2. The highest BCUT2D eigenvalue weighted by atomic mass is 32.2. The first-order chi connectivity index (χ1) is 8.46. The molecule has 1 aliphatic rings. The van der Waals surface area contributed by atoms with E-state index in [4.69, 9.17) is 0 Å². The average molecular weight is 308 g/mol. The van der Waals surface area contributed by atoms with Gasteiger partial charge in [0, 0.05) is 11.5 Å². The van der Waals surface area contributed by atoms with Gasteiger partial charge in [-0.15, -0.1) is 0 Å². The molecule has 1 rings (SSSR count). The van der Waals surface area contributed by atoms with Crippen molar-refractivity contribution in [2.45, 2.75) is 12.4 Å². The van der Waals surface area contributed by atoms with Crippen molar-refractivity contribution < 1.29 is 40.7 Å². The third-order valence-corrected chi connectivity index (χ3v) is 3.59. The highest BCUT2D eigenvalue weighted by molar-refractivity contribution is 7.99. The number of carbonyl (C=O) groups is 3. The molecule has 0 aromatic rings. The third-order valence-electron chi connectivity index (χ3n) is 2.45. The lowest BCUT2D eigenvalue weighted by Gasteiger charge is -2.26. The van der Waals surface area contributed by atoms with Crippen LogP contribution < -0.4 is 0 Å². The molecule has 0 N–H and O–H groups in total. The van der Waals surface area contributed by atoms with E-state index in [1.54, 1.807) is 0 Å². The molecule has 10 heteroatoms. The molecule has 108 valence electrons. The molecule has 0 spiro atoms. The first kappa shape index (κ1) is 16.0. The van der Waals surface area contributed by atoms with Crippen molar-refractivity contribution in [1.82, 2.24) is 0 Å². The van der Waals surface area contributed by atoms with E-state index in [1.165, 1.54) is 0 Å². The van der Waals surface area contributed by atoms with Gasteiger partial charge in [-0.2, -0.15) is 38.1 Å². The summed E-state index contributed by atoms with van der Waals surface area (Å²) in [6, 6.07) is 0. The molecule has 3 nitrogen and oxygen atoms in total. The molecule has 0 saturated carbocycles. The monoisotopic (exact) mass is 308 g/mol. The summed E-state index contributed by atoms with van der Waals surface area (Å²) in [5.74, 6) is -12.1. The number of ketones is 3. The summed E-state index contributed by atoms with van der Waals surface area (Å²) in [6.45, 7) is 0. The van der Waals surface area contributed by atoms with Crippen LogP contribution in [-0.2, 0) is 14.4 Å². The molecule has 0 bridgehead atoms. The number of rotatable bonds is 2. The minimum absolute atomic E-state index is 0.541. The maximum absolute atomic E-state index is 12.2. The molecule has 0 amide bonds. The lowest BCUT2D eigenvalue weighted by atomic mass is 9.88. The molecule has 0 aliphatic carbocycles. The van der Waals surface area contributed by atoms with Crippen LogP contribution in [0, 0.1) is 11.8 Å². The number of hydrogen-bond acceptors (Lipinski definition) is 4. The normalized spacial score (nSPS) is 25.3. The summed E-state index contributed by atoms with van der Waals surface area (Å²) in [7, 11) is 0. The Hall–Kier alpha value is -1.06. The van der Waals surface area contributed by atoms with Crippen LogP contribution in [0.3, 0.4) is 0 Å². The molecule has 0 aromatic carbocycles. The van der Waals surface area contributed by atoms with E-state index in [2.05, 4.69) is 0 Å². The largest absolute Gasteiger partial charge is 0.450 e. The Balaban J connectivity index is 2.95. The number of hydrogen-bond donors (Lipinski definition) is 0. The van der Waals surface area contributed by atoms with Crippen molar-refractivity contribution >= 4 is 29.1 Å². The van der Waals surface area contributed by atoms with E-state index >= 15 is 0 Å². The Morgan fingerprint density at radius 3 is 1.47 bits per heavy atom. The number of carbonyl (C=O) groups excluding carboxylic acids is 3. The second-order valence-electron chi connectivity index (χ2n) is 3.77. The predicted octanol–water partition coefficient (Wildman–Crippen LogP) is 1.80. The molecule has 0 aromatic heterocycles. The van der Waals surface area contributed by atoms with Gasteiger partial charge in [-0.25, -0.2) is 0 Å². The summed E-state index contributed by atoms with van der Waals surface area (Å²) < 4.78 is 72.9. The highest BCUT2D eigenvalue weighted by Crippen LogP contribution is 2.34. The van der Waals surface area contributed by atoms with Crippen molar-refractivity contribution in [1.29, 1.82) is 0 Å². The van der Waals surface area contributed by atoms with E-state index in [1.807, 2.05) is 0 Å². The quantitative estimate of drug-likeness (QED) is 0.576. The van der Waals surface area contributed by atoms with Gasteiger partial charge in [0.2, 0.25) is 11.6 Å². The van der Waals surface area contributed by atoms with Crippen LogP contribution in [0.15, 0.2) is 0 Å². The van der Waals surface area contributed by atoms with Gasteiger partial charge in [-0.05, 0) is 0 Å². The standard InChI is InChI=1S/C9H6F6O3S/c10-8(11,12)6(17)3-1-19-2-4(5(3)16)7(18)9(13,14)15/h3-4H,1-2H2. The summed E-state index contributed by atoms with van der Waals surface area (Å²) in [4.78, 5) is 33.2. The van der Waals surface area contributed by atoms with Gasteiger partial charge in [0.15, 0.2) is 5.78 Å². The Morgan fingerprint density at radius 2 is 1.21 bits per heavy atom. The van der Waals surface area contributed by atoms with Gasteiger partial charge < -0.3 is 0 Å². The van der Waals surface area contributed by atoms with Gasteiger partial charge in [-0.1, -0.05) is 0 Å². The van der Waals surface area contributed by atoms with Gasteiger partial charge >= 0.3 is 12.4 Å². The number of Topliss-reactive ketones (excluding diaryl/α,β-unsaturated/α-hetero) is 3. The summed E-state index contributed by atoms with van der Waals surface area (Å²) >= 11 is 0.541. The van der Waals surface area contributed by atoms with Crippen LogP contribution in [0.25, 0.3) is 0 Å². The summed E-state index contributed by atoms with van der Waals surface area (Å²) in [5.41, 5.74) is 0. The van der Waals surface area contributed by atoms with E-state index in [-0.39, 0.29) is 0 Å². The third kappa shape index (κ3) is 3.48. The molecule has 1 saturated heterocycles. The van der Waals surface area contributed by atoms with Crippen molar-refractivity contribution in [3.8, 4) is 0 Å². The lowest BCUT2D eigenvalue weighted by Crippen LogP contribution is -2.47. The molecule has 0 radical (unpaired) electrons. The second-order valence-corrected chi connectivity index (χ2v) is 4.84. The second kappa shape index (κ2) is 5.14. The molecule has 2 atom stereocenters. The van der Waals surface area contributed by atoms with E-state index in [0.717, 1.165) is 0 Å². The van der Waals surface area contributed by atoms with Crippen LogP contribution in [0.5, 0.6) is 0 Å². The number of halogens is 6. The van der Waals surface area contributed by atoms with Gasteiger partial charge in [0.1, 0.15) is 0 Å². The van der Waals surface area contributed by atoms with Crippen molar-refractivity contribution in [2.24, 2.45) is 11.8 Å². The van der Waals surface area contributed by atoms with E-state index in [0.29, 0.717) is 11.8 Å². The molecular weight excluding hydrogens is 302 g/mol. The topological polar surface area (TPSA) is 51.2 Å². The Morgan fingerprint density at radius 1 is 0.895 bits per heavy atom. The molecule has 2 unspecified atom stereocenters. The Labute approximate surface area is 106 Å². The van der Waals surface area contributed by atoms with Gasteiger partial charge in [0.25, 0.3) is 0 Å². The fraction of sp³-hybridized carbons (Fsp3) is 0.667. The SMILES string of the molecule is O=C1C(C(=O)C(F)(F)F)CSCC1C(=O)C(F)(F)F. The smallest absolute Gasteiger partial charge is 0.298 e. The van der Waals surface area contributed by atoms with Crippen LogP contribution >= 0.6 is 11.8 Å². The Kier molecular flexibility index (Phi) is 4.33. The minimum atomic E-state index is -5.32. The molecule has 1 fully saturated rings. The van der Waals surface area contributed by atoms with Crippen LogP contribution in [0.1, 0.15) is 0 Å². The average Bonchev–Trinajstić information content (AvgIpc) is 2.25. The molecule has 1 heterocycles. The zero-order valence-electron chi connectivity index (χ0n) is 8.97. The lowest BCUT2D eigenvalue weighted by molar-refractivity contribution is -0.180. The minimum Gasteiger partial charge on any atom is -0.298 e. The van der Waals surface area contributed by atoms with Crippen LogP contribution in [-0.4, -0.2) is 41.2 Å². The number of thioether (sulfide) groups is 1. The summed E-state index contributed by atoms with van der Waals surface area (Å²) in [6.07, 6.45) is -10.6. The van der Waals surface area contributed by atoms with Crippen molar-refractivity contribution in [2.75, 3.05) is 11.5 Å². The number of alkyl halides is 6.